The van der Waals surface area contributed by atoms with E-state index in [-0.39, 0.29) is 6.61 Å². The molecule has 1 aromatic carbocycles. The van der Waals surface area contributed by atoms with Crippen LogP contribution in [-0.4, -0.2) is 25.0 Å². The van der Waals surface area contributed by atoms with E-state index in [1.807, 2.05) is 18.2 Å². The Bertz CT molecular complexity index is 645. The predicted molar refractivity (Wildman–Crippen MR) is 99.0 cm³/mol. The maximum atomic E-state index is 8.80. The van der Waals surface area contributed by atoms with Crippen molar-refractivity contribution >= 4 is 14.4 Å². The zero-order chi connectivity index (χ0) is 16.7. The van der Waals surface area contributed by atoms with Crippen molar-refractivity contribution in [2.24, 2.45) is 0 Å². The molecule has 23 heavy (non-hydrogen) atoms. The average molecular weight is 328 g/mol. The van der Waals surface area contributed by atoms with Crippen molar-refractivity contribution in [3.63, 3.8) is 0 Å². The van der Waals surface area contributed by atoms with Gasteiger partial charge in [-0.2, -0.15) is 0 Å². The van der Waals surface area contributed by atoms with Gasteiger partial charge in [-0.1, -0.05) is 30.4 Å². The smallest absolute Gasteiger partial charge is 0.242 e. The second kappa shape index (κ2) is 8.08. The number of nitrogens with zero attached hydrogens (tertiary/aromatic N) is 1. The Morgan fingerprint density at radius 2 is 2.00 bits per heavy atom. The maximum absolute atomic E-state index is 8.80. The molecule has 0 saturated carbocycles. The lowest BCUT2D eigenvalue weighted by Gasteiger charge is -2.18. The summed E-state index contributed by atoms with van der Waals surface area (Å²) in [6, 6.07) is 12.3. The lowest BCUT2D eigenvalue weighted by atomic mass is 10.1. The Labute approximate surface area is 139 Å². The molecule has 0 radical (unpaired) electrons. The van der Waals surface area contributed by atoms with E-state index in [0.29, 0.717) is 0 Å². The van der Waals surface area contributed by atoms with Gasteiger partial charge in [0.15, 0.2) is 0 Å². The lowest BCUT2D eigenvalue weighted by molar-refractivity contribution is 0.290. The summed E-state index contributed by atoms with van der Waals surface area (Å²) in [6.07, 6.45) is 7.67. The average Bonchev–Trinajstić information content (AvgIpc) is 2.51. The van der Waals surface area contributed by atoms with E-state index in [9.17, 15) is 0 Å². The third-order valence-corrected chi connectivity index (χ3v) is 4.03. The van der Waals surface area contributed by atoms with Crippen LogP contribution in [0, 0.1) is 0 Å². The Balaban J connectivity index is 2.11. The normalized spacial score (nSPS) is 11.8. The van der Waals surface area contributed by atoms with Gasteiger partial charge in [0.1, 0.15) is 5.75 Å². The van der Waals surface area contributed by atoms with Crippen LogP contribution in [0.2, 0.25) is 19.6 Å². The number of rotatable bonds is 7. The highest BCUT2D eigenvalue weighted by molar-refractivity contribution is 6.70. The van der Waals surface area contributed by atoms with Gasteiger partial charge in [-0.3, -0.25) is 4.98 Å². The topological polar surface area (TPSA) is 42.4 Å². The summed E-state index contributed by atoms with van der Waals surface area (Å²) in [4.78, 5) is 4.52. The van der Waals surface area contributed by atoms with Crippen LogP contribution in [0.25, 0.3) is 17.3 Å². The van der Waals surface area contributed by atoms with Crippen molar-refractivity contribution in [1.82, 2.24) is 4.98 Å². The number of allylic oxidation sites excluding steroid dienone is 1. The van der Waals surface area contributed by atoms with E-state index < -0.39 is 8.32 Å². The van der Waals surface area contributed by atoms with Gasteiger partial charge in [0, 0.05) is 12.2 Å². The van der Waals surface area contributed by atoms with E-state index in [2.05, 4.69) is 55.0 Å². The first-order valence-corrected chi connectivity index (χ1v) is 11.4. The van der Waals surface area contributed by atoms with Gasteiger partial charge in [0.25, 0.3) is 0 Å². The summed E-state index contributed by atoms with van der Waals surface area (Å²) < 4.78 is 5.94. The number of aromatic nitrogens is 1. The lowest BCUT2D eigenvalue weighted by Crippen LogP contribution is -2.29. The largest absolute Gasteiger partial charge is 0.543 e. The van der Waals surface area contributed by atoms with Crippen LogP contribution in [0.15, 0.2) is 48.7 Å². The summed E-state index contributed by atoms with van der Waals surface area (Å²) in [5.41, 5.74) is 3.18. The van der Waals surface area contributed by atoms with Gasteiger partial charge in [0.05, 0.1) is 11.9 Å². The standard InChI is InChI=1S/C19H25NO2Si/c1-23(2,3)22-18-11-12-19(20-15-18)17-10-7-9-16(14-17)8-5-4-6-13-21/h5,7-12,14-15,21H,4,6,13H2,1-3H3/b8-5+. The Hall–Kier alpha value is -1.91. The molecule has 1 aromatic heterocycles. The second-order valence-corrected chi connectivity index (χ2v) is 10.9. The summed E-state index contributed by atoms with van der Waals surface area (Å²) in [5.74, 6) is 0.841. The van der Waals surface area contributed by atoms with Crippen LogP contribution in [-0.2, 0) is 0 Å². The minimum Gasteiger partial charge on any atom is -0.543 e. The summed E-state index contributed by atoms with van der Waals surface area (Å²) in [7, 11) is -1.59. The number of hydrogen-bond donors (Lipinski definition) is 1. The number of hydrogen-bond acceptors (Lipinski definition) is 3. The molecule has 122 valence electrons. The third kappa shape index (κ3) is 6.00. The first kappa shape index (κ1) is 17.4. The van der Waals surface area contributed by atoms with E-state index in [0.717, 1.165) is 35.4 Å². The third-order valence-electron chi connectivity index (χ3n) is 3.18. The first-order chi connectivity index (χ1) is 11.0. The Kier molecular flexibility index (Phi) is 6.13. The zero-order valence-electron chi connectivity index (χ0n) is 14.1. The molecule has 2 rings (SSSR count). The molecule has 0 aliphatic rings. The molecule has 0 fully saturated rings. The highest BCUT2D eigenvalue weighted by atomic mass is 28.4. The highest BCUT2D eigenvalue weighted by Crippen LogP contribution is 2.22. The quantitative estimate of drug-likeness (QED) is 0.589. The second-order valence-electron chi connectivity index (χ2n) is 6.49. The highest BCUT2D eigenvalue weighted by Gasteiger charge is 2.16. The van der Waals surface area contributed by atoms with E-state index in [4.69, 9.17) is 9.53 Å². The SMILES string of the molecule is C[Si](C)(C)Oc1ccc(-c2cccc(/C=C/CCCO)c2)nc1. The van der Waals surface area contributed by atoms with Crippen molar-refractivity contribution < 1.29 is 9.53 Å². The fourth-order valence-electron chi connectivity index (χ4n) is 2.20. The van der Waals surface area contributed by atoms with Gasteiger partial charge in [-0.05, 0) is 56.2 Å². The number of aliphatic hydroxyl groups is 1. The molecule has 0 aliphatic heterocycles. The molecule has 1 N–H and O–H groups in total. The Morgan fingerprint density at radius 3 is 2.65 bits per heavy atom. The van der Waals surface area contributed by atoms with Gasteiger partial charge in [-0.25, -0.2) is 0 Å². The molecule has 1 heterocycles. The molecule has 0 amide bonds. The summed E-state index contributed by atoms with van der Waals surface area (Å²) >= 11 is 0. The molecule has 2 aromatic rings. The number of pyridine rings is 1. The minimum atomic E-state index is -1.59. The van der Waals surface area contributed by atoms with Crippen molar-refractivity contribution in [2.45, 2.75) is 32.5 Å². The molecule has 4 heteroatoms. The van der Waals surface area contributed by atoms with Crippen molar-refractivity contribution in [3.8, 4) is 17.0 Å². The van der Waals surface area contributed by atoms with Crippen LogP contribution in [0.5, 0.6) is 5.75 Å². The van der Waals surface area contributed by atoms with Crippen LogP contribution in [0.3, 0.4) is 0 Å². The van der Waals surface area contributed by atoms with Gasteiger partial charge in [-0.15, -0.1) is 0 Å². The summed E-state index contributed by atoms with van der Waals surface area (Å²) in [6.45, 7) is 6.72. The van der Waals surface area contributed by atoms with E-state index in [1.165, 1.54) is 0 Å². The first-order valence-electron chi connectivity index (χ1n) is 8.01. The molecule has 0 unspecified atom stereocenters. The van der Waals surface area contributed by atoms with Crippen LogP contribution in [0.1, 0.15) is 18.4 Å². The zero-order valence-corrected chi connectivity index (χ0v) is 15.1. The fraction of sp³-hybridized carbons (Fsp3) is 0.316. The van der Waals surface area contributed by atoms with Crippen LogP contribution >= 0.6 is 0 Å². The van der Waals surface area contributed by atoms with Crippen LogP contribution in [0.4, 0.5) is 0 Å². The van der Waals surface area contributed by atoms with E-state index >= 15 is 0 Å². The van der Waals surface area contributed by atoms with Gasteiger partial charge >= 0.3 is 0 Å². The molecule has 0 bridgehead atoms. The number of benzene rings is 1. The molecule has 0 saturated heterocycles. The minimum absolute atomic E-state index is 0.236. The fourth-order valence-corrected chi connectivity index (χ4v) is 3.02. The monoisotopic (exact) mass is 327 g/mol. The molecule has 0 spiro atoms. The number of aliphatic hydroxyl groups excluding tert-OH is 1. The molecule has 0 atom stereocenters. The van der Waals surface area contributed by atoms with E-state index in [1.54, 1.807) is 6.20 Å². The van der Waals surface area contributed by atoms with Crippen LogP contribution < -0.4 is 4.43 Å². The number of unbranched alkanes of at least 4 members (excludes halogenated alkanes) is 1. The van der Waals surface area contributed by atoms with Crippen molar-refractivity contribution in [2.75, 3.05) is 6.61 Å². The molecule has 0 aliphatic carbocycles. The van der Waals surface area contributed by atoms with Crippen molar-refractivity contribution in [1.29, 1.82) is 0 Å². The molecule has 3 nitrogen and oxygen atoms in total. The molecular formula is C19H25NO2Si. The summed E-state index contributed by atoms with van der Waals surface area (Å²) in [5, 5.41) is 8.80. The van der Waals surface area contributed by atoms with Gasteiger partial charge in [0.2, 0.25) is 8.32 Å². The van der Waals surface area contributed by atoms with Gasteiger partial charge < -0.3 is 9.53 Å². The Morgan fingerprint density at radius 1 is 1.17 bits per heavy atom. The maximum Gasteiger partial charge on any atom is 0.242 e. The molecular weight excluding hydrogens is 302 g/mol. The predicted octanol–water partition coefficient (Wildman–Crippen LogP) is 4.75. The van der Waals surface area contributed by atoms with Crippen molar-refractivity contribution in [3.05, 3.63) is 54.2 Å².